The van der Waals surface area contributed by atoms with Crippen molar-refractivity contribution in [1.29, 1.82) is 0 Å². The van der Waals surface area contributed by atoms with Crippen LogP contribution >= 0.6 is 15.9 Å². The first kappa shape index (κ1) is 6.68. The Hall–Kier alpha value is -0.440. The summed E-state index contributed by atoms with van der Waals surface area (Å²) in [6.07, 6.45) is 3.85. The van der Waals surface area contributed by atoms with Crippen LogP contribution in [0, 0.1) is 0 Å². The lowest BCUT2D eigenvalue weighted by Gasteiger charge is -2.11. The summed E-state index contributed by atoms with van der Waals surface area (Å²) in [7, 11) is 1.67. The number of ether oxygens (including phenoxy) is 1. The molecule has 0 atom stereocenters. The minimum atomic E-state index is 0.771. The van der Waals surface area contributed by atoms with Gasteiger partial charge in [0.25, 0.3) is 0 Å². The van der Waals surface area contributed by atoms with Gasteiger partial charge >= 0.3 is 0 Å². The Kier molecular flexibility index (Phi) is 2.16. The monoisotopic (exact) mass is 189 g/mol. The maximum Gasteiger partial charge on any atom is 0.115 e. The van der Waals surface area contributed by atoms with Crippen molar-refractivity contribution in [3.63, 3.8) is 0 Å². The van der Waals surface area contributed by atoms with Crippen LogP contribution in [0.2, 0.25) is 0 Å². The molecule has 0 spiro atoms. The summed E-state index contributed by atoms with van der Waals surface area (Å²) in [5.41, 5.74) is 0. The summed E-state index contributed by atoms with van der Waals surface area (Å²) in [6, 6.07) is 0. The van der Waals surface area contributed by atoms with Crippen molar-refractivity contribution in [2.24, 2.45) is 0 Å². The minimum absolute atomic E-state index is 0.771. The summed E-state index contributed by atoms with van der Waals surface area (Å²) in [5, 5.41) is 3.07. The van der Waals surface area contributed by atoms with E-state index in [0.29, 0.717) is 0 Å². The Balaban J connectivity index is 2.59. The summed E-state index contributed by atoms with van der Waals surface area (Å²) in [5.74, 6) is 0.957. The van der Waals surface area contributed by atoms with E-state index < -0.39 is 0 Å². The normalized spacial score (nSPS) is 17.6. The third-order valence-electron chi connectivity index (χ3n) is 1.11. The second-order valence-electron chi connectivity index (χ2n) is 1.71. The number of methoxy groups -OCH3 is 1. The second-order valence-corrected chi connectivity index (χ2v) is 2.56. The smallest absolute Gasteiger partial charge is 0.115 e. The molecular formula is C6H8BrNO. The van der Waals surface area contributed by atoms with Crippen LogP contribution in [0.25, 0.3) is 0 Å². The highest BCUT2D eigenvalue weighted by molar-refractivity contribution is 9.11. The Bertz CT molecular complexity index is 162. The van der Waals surface area contributed by atoms with E-state index in [4.69, 9.17) is 4.74 Å². The van der Waals surface area contributed by atoms with Gasteiger partial charge in [-0.25, -0.2) is 0 Å². The molecule has 0 saturated heterocycles. The van der Waals surface area contributed by atoms with E-state index >= 15 is 0 Å². The van der Waals surface area contributed by atoms with Crippen LogP contribution < -0.4 is 5.32 Å². The number of halogens is 1. The quantitative estimate of drug-likeness (QED) is 0.630. The molecule has 0 radical (unpaired) electrons. The van der Waals surface area contributed by atoms with E-state index in [2.05, 4.69) is 21.2 Å². The molecule has 9 heavy (non-hydrogen) atoms. The Morgan fingerprint density at radius 1 is 1.67 bits per heavy atom. The van der Waals surface area contributed by atoms with Crippen molar-refractivity contribution < 1.29 is 4.74 Å². The minimum Gasteiger partial charge on any atom is -0.499 e. The molecule has 1 aliphatic heterocycles. The van der Waals surface area contributed by atoms with Crippen molar-refractivity contribution in [1.82, 2.24) is 5.32 Å². The second kappa shape index (κ2) is 2.92. The van der Waals surface area contributed by atoms with Gasteiger partial charge in [0.1, 0.15) is 5.76 Å². The molecule has 1 N–H and O–H groups in total. The molecule has 1 heterocycles. The zero-order valence-corrected chi connectivity index (χ0v) is 6.73. The molecule has 0 unspecified atom stereocenters. The third-order valence-corrected chi connectivity index (χ3v) is 1.65. The summed E-state index contributed by atoms with van der Waals surface area (Å²) in [4.78, 5) is 0. The highest BCUT2D eigenvalue weighted by Crippen LogP contribution is 2.08. The fraction of sp³-hybridized carbons (Fsp3) is 0.333. The maximum absolute atomic E-state index is 4.97. The predicted octanol–water partition coefficient (Wildman–Crippen LogP) is 1.36. The first-order valence-corrected chi connectivity index (χ1v) is 3.46. The Morgan fingerprint density at radius 3 is 2.89 bits per heavy atom. The molecule has 0 aromatic heterocycles. The van der Waals surface area contributed by atoms with E-state index in [-0.39, 0.29) is 0 Å². The molecule has 2 nitrogen and oxygen atoms in total. The zero-order chi connectivity index (χ0) is 6.69. The topological polar surface area (TPSA) is 21.3 Å². The van der Waals surface area contributed by atoms with Gasteiger partial charge in [-0.05, 0) is 28.1 Å². The van der Waals surface area contributed by atoms with Crippen LogP contribution in [0.1, 0.15) is 0 Å². The lowest BCUT2D eigenvalue weighted by molar-refractivity contribution is 0.281. The average molecular weight is 190 g/mol. The molecule has 0 fully saturated rings. The lowest BCUT2D eigenvalue weighted by atomic mass is 10.4. The van der Waals surface area contributed by atoms with Gasteiger partial charge in [-0.1, -0.05) is 0 Å². The van der Waals surface area contributed by atoms with Gasteiger partial charge in [-0.2, -0.15) is 0 Å². The fourth-order valence-electron chi connectivity index (χ4n) is 0.596. The van der Waals surface area contributed by atoms with E-state index in [1.54, 1.807) is 7.11 Å². The molecule has 0 aromatic rings. The number of nitrogens with one attached hydrogen (secondary N) is 1. The van der Waals surface area contributed by atoms with Crippen LogP contribution in [0.3, 0.4) is 0 Å². The van der Waals surface area contributed by atoms with Gasteiger partial charge in [0, 0.05) is 0 Å². The van der Waals surface area contributed by atoms with E-state index in [9.17, 15) is 0 Å². The van der Waals surface area contributed by atoms with Crippen LogP contribution in [-0.2, 0) is 4.74 Å². The van der Waals surface area contributed by atoms with Gasteiger partial charge in [-0.15, -0.1) is 0 Å². The summed E-state index contributed by atoms with van der Waals surface area (Å²) < 4.78 is 5.98. The molecular weight excluding hydrogens is 182 g/mol. The van der Waals surface area contributed by atoms with Gasteiger partial charge in [0.15, 0.2) is 0 Å². The molecule has 1 aliphatic rings. The molecule has 50 valence electrons. The van der Waals surface area contributed by atoms with Crippen molar-refractivity contribution in [3.05, 3.63) is 22.5 Å². The van der Waals surface area contributed by atoms with Crippen molar-refractivity contribution in [3.8, 4) is 0 Å². The van der Waals surface area contributed by atoms with Crippen LogP contribution in [0.15, 0.2) is 22.5 Å². The first-order chi connectivity index (χ1) is 4.33. The Labute approximate surface area is 62.7 Å². The highest BCUT2D eigenvalue weighted by atomic mass is 79.9. The summed E-state index contributed by atoms with van der Waals surface area (Å²) >= 11 is 3.29. The number of rotatable bonds is 1. The molecule has 0 amide bonds. The largest absolute Gasteiger partial charge is 0.499 e. The predicted molar refractivity (Wildman–Crippen MR) is 40.1 cm³/mol. The molecule has 3 heteroatoms. The van der Waals surface area contributed by atoms with Crippen LogP contribution in [-0.4, -0.2) is 13.7 Å². The van der Waals surface area contributed by atoms with E-state index in [1.165, 1.54) is 0 Å². The van der Waals surface area contributed by atoms with Crippen LogP contribution in [0.5, 0.6) is 0 Å². The van der Waals surface area contributed by atoms with Crippen molar-refractivity contribution in [2.75, 3.05) is 13.7 Å². The van der Waals surface area contributed by atoms with E-state index in [0.717, 1.165) is 16.9 Å². The van der Waals surface area contributed by atoms with E-state index in [1.807, 2.05) is 12.2 Å². The Morgan fingerprint density at radius 2 is 2.44 bits per heavy atom. The number of hydrogen-bond acceptors (Lipinski definition) is 2. The average Bonchev–Trinajstić information content (AvgIpc) is 1.90. The van der Waals surface area contributed by atoms with Gasteiger partial charge in [-0.3, -0.25) is 0 Å². The highest BCUT2D eigenvalue weighted by Gasteiger charge is 1.99. The van der Waals surface area contributed by atoms with Crippen molar-refractivity contribution in [2.45, 2.75) is 0 Å². The zero-order valence-electron chi connectivity index (χ0n) is 5.15. The SMILES string of the molecule is COC1=CC=C(Br)NC1. The molecule has 0 aliphatic carbocycles. The summed E-state index contributed by atoms with van der Waals surface area (Å²) in [6.45, 7) is 0.771. The van der Waals surface area contributed by atoms with Crippen LogP contribution in [0.4, 0.5) is 0 Å². The molecule has 1 rings (SSSR count). The number of dihydropyridines is 1. The van der Waals surface area contributed by atoms with Crippen molar-refractivity contribution >= 4 is 15.9 Å². The molecule has 0 bridgehead atoms. The van der Waals surface area contributed by atoms with Gasteiger partial charge < -0.3 is 10.1 Å². The first-order valence-electron chi connectivity index (χ1n) is 2.67. The number of hydrogen-bond donors (Lipinski definition) is 1. The maximum atomic E-state index is 4.97. The third kappa shape index (κ3) is 1.75. The van der Waals surface area contributed by atoms with Gasteiger partial charge in [0.2, 0.25) is 0 Å². The molecule has 0 aromatic carbocycles. The fourth-order valence-corrected chi connectivity index (χ4v) is 0.868. The lowest BCUT2D eigenvalue weighted by Crippen LogP contribution is -2.16. The molecule has 0 saturated carbocycles. The standard InChI is InChI=1S/C6H8BrNO/c1-9-5-2-3-6(7)8-4-5/h2-3,8H,4H2,1H3. The van der Waals surface area contributed by atoms with Gasteiger partial charge in [0.05, 0.1) is 18.3 Å². The number of allylic oxidation sites excluding steroid dienone is 2.